The smallest absolute Gasteiger partial charge is 0.164 e. The predicted octanol–water partition coefficient (Wildman–Crippen LogP) is 0.860. The molecule has 0 saturated carbocycles. The van der Waals surface area contributed by atoms with Crippen LogP contribution in [-0.4, -0.2) is 35.8 Å². The summed E-state index contributed by atoms with van der Waals surface area (Å²) in [4.78, 5) is 0. The van der Waals surface area contributed by atoms with Crippen LogP contribution in [0.4, 0.5) is 0 Å². The average molecular weight is 220 g/mol. The van der Waals surface area contributed by atoms with Gasteiger partial charge in [0.2, 0.25) is 0 Å². The van der Waals surface area contributed by atoms with Crippen LogP contribution < -0.4 is 0 Å². The lowest BCUT2D eigenvalue weighted by Gasteiger charge is -2.20. The van der Waals surface area contributed by atoms with Gasteiger partial charge in [-0.3, -0.25) is 0 Å². The van der Waals surface area contributed by atoms with Crippen molar-refractivity contribution < 1.29 is 19.1 Å². The zero-order valence-electron chi connectivity index (χ0n) is 8.47. The molecule has 1 aliphatic heterocycles. The first-order valence-corrected chi connectivity index (χ1v) is 4.95. The number of hydrogen-bond donors (Lipinski definition) is 1. The molecule has 1 rings (SSSR count). The van der Waals surface area contributed by atoms with Gasteiger partial charge in [0.05, 0.1) is 6.61 Å². The molecule has 1 saturated heterocycles. The van der Waals surface area contributed by atoms with Crippen LogP contribution >= 0.6 is 9.47 Å². The largest absolute Gasteiger partial charge is 0.388 e. The highest BCUT2D eigenvalue weighted by molar-refractivity contribution is 7.09. The molecule has 0 aromatic carbocycles. The second-order valence-corrected chi connectivity index (χ2v) is 4.03. The van der Waals surface area contributed by atoms with Crippen molar-refractivity contribution in [2.24, 2.45) is 0 Å². The molecule has 0 aromatic heterocycles. The number of aliphatic hydroxyl groups is 1. The van der Waals surface area contributed by atoms with Crippen molar-refractivity contribution in [3.8, 4) is 0 Å². The number of aliphatic hydroxyl groups excluding tert-OH is 1. The minimum atomic E-state index is -0.711. The Morgan fingerprint density at radius 2 is 2.29 bits per heavy atom. The summed E-state index contributed by atoms with van der Waals surface area (Å²) in [5.74, 6) is -0.675. The van der Waals surface area contributed by atoms with Crippen molar-refractivity contribution in [1.82, 2.24) is 0 Å². The Labute approximate surface area is 86.5 Å². The summed E-state index contributed by atoms with van der Waals surface area (Å²) < 4.78 is 15.8. The molecule has 0 spiro atoms. The highest BCUT2D eigenvalue weighted by Gasteiger charge is 2.43. The van der Waals surface area contributed by atoms with E-state index in [1.54, 1.807) is 19.9 Å². The predicted molar refractivity (Wildman–Crippen MR) is 55.7 cm³/mol. The Kier molecular flexibility index (Phi) is 4.04. The number of ether oxygens (including phenoxy) is 2. The molecule has 4 nitrogen and oxygen atoms in total. The molecule has 0 amide bonds. The number of rotatable bonds is 4. The van der Waals surface area contributed by atoms with Crippen molar-refractivity contribution in [2.75, 3.05) is 6.61 Å². The lowest BCUT2D eigenvalue weighted by Crippen LogP contribution is -2.37. The van der Waals surface area contributed by atoms with E-state index in [2.05, 4.69) is 16.0 Å². The lowest BCUT2D eigenvalue weighted by atomic mass is 10.1. The first-order chi connectivity index (χ1) is 6.50. The van der Waals surface area contributed by atoms with Crippen LogP contribution in [0.15, 0.2) is 12.7 Å². The molecule has 1 heterocycles. The molecular formula is C9H17O4P. The van der Waals surface area contributed by atoms with Crippen LogP contribution in [0.2, 0.25) is 0 Å². The van der Waals surface area contributed by atoms with Gasteiger partial charge in [0.15, 0.2) is 5.79 Å². The standard InChI is InChI=1S/C9H17O4P/c1-4-7-8(6(10)5-11-14)13-9(2,3)12-7/h4,6-8,10H,1,5,14H2,2-3H3/t6-,7+,8-/m1/s1. The SMILES string of the molecule is C=C[C@@H]1OC(C)(C)O[C@@H]1[C@H](O)COP. The quantitative estimate of drug-likeness (QED) is 0.564. The molecule has 1 unspecified atom stereocenters. The van der Waals surface area contributed by atoms with E-state index in [4.69, 9.17) is 14.0 Å². The molecular weight excluding hydrogens is 203 g/mol. The zero-order chi connectivity index (χ0) is 10.8. The highest BCUT2D eigenvalue weighted by atomic mass is 31.0. The molecule has 0 radical (unpaired) electrons. The maximum Gasteiger partial charge on any atom is 0.164 e. The lowest BCUT2D eigenvalue weighted by molar-refractivity contribution is -0.155. The third kappa shape index (κ3) is 2.75. The van der Waals surface area contributed by atoms with Crippen LogP contribution in [0, 0.1) is 0 Å². The maximum atomic E-state index is 9.69. The Morgan fingerprint density at radius 3 is 2.79 bits per heavy atom. The summed E-state index contributed by atoms with van der Waals surface area (Å²) in [5.41, 5.74) is 0. The molecule has 1 aliphatic rings. The second kappa shape index (κ2) is 4.69. The number of hydrogen-bond acceptors (Lipinski definition) is 4. The molecule has 0 aliphatic carbocycles. The molecule has 82 valence electrons. The van der Waals surface area contributed by atoms with Gasteiger partial charge >= 0.3 is 0 Å². The average Bonchev–Trinajstić information content (AvgIpc) is 2.41. The third-order valence-electron chi connectivity index (χ3n) is 2.04. The maximum absolute atomic E-state index is 9.69. The molecule has 14 heavy (non-hydrogen) atoms. The minimum absolute atomic E-state index is 0.194. The fraction of sp³-hybridized carbons (Fsp3) is 0.778. The van der Waals surface area contributed by atoms with E-state index in [1.807, 2.05) is 0 Å². The van der Waals surface area contributed by atoms with Gasteiger partial charge in [-0.2, -0.15) is 0 Å². The highest BCUT2D eigenvalue weighted by Crippen LogP contribution is 2.30. The second-order valence-electron chi connectivity index (χ2n) is 3.70. The van der Waals surface area contributed by atoms with E-state index in [0.29, 0.717) is 0 Å². The molecule has 0 aromatic rings. The zero-order valence-corrected chi connectivity index (χ0v) is 9.63. The van der Waals surface area contributed by atoms with Gasteiger partial charge in [-0.25, -0.2) is 0 Å². The monoisotopic (exact) mass is 220 g/mol. The van der Waals surface area contributed by atoms with Gasteiger partial charge in [0, 0.05) is 9.47 Å². The molecule has 0 bridgehead atoms. The van der Waals surface area contributed by atoms with E-state index in [-0.39, 0.29) is 12.7 Å². The van der Waals surface area contributed by atoms with Gasteiger partial charge in [0.1, 0.15) is 18.3 Å². The van der Waals surface area contributed by atoms with E-state index >= 15 is 0 Å². The molecule has 4 atom stereocenters. The fourth-order valence-electron chi connectivity index (χ4n) is 1.49. The minimum Gasteiger partial charge on any atom is -0.388 e. The first-order valence-electron chi connectivity index (χ1n) is 4.48. The summed E-state index contributed by atoms with van der Waals surface area (Å²) in [7, 11) is 2.09. The van der Waals surface area contributed by atoms with Crippen LogP contribution in [0.5, 0.6) is 0 Å². The van der Waals surface area contributed by atoms with E-state index in [9.17, 15) is 5.11 Å². The van der Waals surface area contributed by atoms with Gasteiger partial charge in [-0.05, 0) is 13.8 Å². The van der Waals surface area contributed by atoms with Crippen LogP contribution in [-0.2, 0) is 14.0 Å². The Hall–Kier alpha value is 0.0100. The van der Waals surface area contributed by atoms with Gasteiger partial charge < -0.3 is 19.1 Å². The topological polar surface area (TPSA) is 47.9 Å². The van der Waals surface area contributed by atoms with Crippen molar-refractivity contribution in [1.29, 1.82) is 0 Å². The Bertz CT molecular complexity index is 207. The van der Waals surface area contributed by atoms with Gasteiger partial charge in [-0.1, -0.05) is 6.08 Å². The van der Waals surface area contributed by atoms with E-state index in [1.165, 1.54) is 0 Å². The van der Waals surface area contributed by atoms with Crippen LogP contribution in [0.1, 0.15) is 13.8 Å². The van der Waals surface area contributed by atoms with Gasteiger partial charge in [-0.15, -0.1) is 6.58 Å². The Morgan fingerprint density at radius 1 is 1.64 bits per heavy atom. The fourth-order valence-corrected chi connectivity index (χ4v) is 1.69. The summed E-state index contributed by atoms with van der Waals surface area (Å²) in [6.07, 6.45) is 0.214. The summed E-state index contributed by atoms with van der Waals surface area (Å²) >= 11 is 0. The Balaban J connectivity index is 2.63. The van der Waals surface area contributed by atoms with Crippen molar-refractivity contribution in [3.05, 3.63) is 12.7 Å². The summed E-state index contributed by atoms with van der Waals surface area (Å²) in [5, 5.41) is 9.69. The first kappa shape index (κ1) is 12.1. The third-order valence-corrected chi connectivity index (χ3v) is 2.23. The van der Waals surface area contributed by atoms with E-state index < -0.39 is 18.0 Å². The van der Waals surface area contributed by atoms with E-state index in [0.717, 1.165) is 0 Å². The van der Waals surface area contributed by atoms with Crippen molar-refractivity contribution in [3.63, 3.8) is 0 Å². The molecule has 1 fully saturated rings. The van der Waals surface area contributed by atoms with Gasteiger partial charge in [0.25, 0.3) is 0 Å². The van der Waals surface area contributed by atoms with Crippen LogP contribution in [0.3, 0.4) is 0 Å². The van der Waals surface area contributed by atoms with Crippen molar-refractivity contribution >= 4 is 9.47 Å². The molecule has 1 N–H and O–H groups in total. The summed E-state index contributed by atoms with van der Waals surface area (Å²) in [6, 6.07) is 0. The summed E-state index contributed by atoms with van der Waals surface area (Å²) in [6.45, 7) is 7.44. The van der Waals surface area contributed by atoms with Crippen molar-refractivity contribution in [2.45, 2.75) is 37.9 Å². The normalized spacial score (nSPS) is 32.9. The van der Waals surface area contributed by atoms with Crippen LogP contribution in [0.25, 0.3) is 0 Å². The molecule has 5 heteroatoms.